The molecule has 0 saturated heterocycles. The van der Waals surface area contributed by atoms with Gasteiger partial charge in [0.2, 0.25) is 5.88 Å². The highest BCUT2D eigenvalue weighted by Gasteiger charge is 2.10. The second-order valence-electron chi connectivity index (χ2n) is 5.39. The average molecular weight is 338 g/mol. The summed E-state index contributed by atoms with van der Waals surface area (Å²) in [6, 6.07) is 13.2. The molecule has 0 atom stereocenters. The second-order valence-corrected chi connectivity index (χ2v) is 5.39. The Balaban J connectivity index is 1.64. The number of nitro benzene ring substituents is 1. The van der Waals surface area contributed by atoms with Crippen LogP contribution in [0.1, 0.15) is 12.0 Å². The Hall–Kier alpha value is -3.55. The summed E-state index contributed by atoms with van der Waals surface area (Å²) in [5.74, 6) is -0.587. The predicted molar refractivity (Wildman–Crippen MR) is 90.9 cm³/mol. The molecule has 1 aromatic heterocycles. The second kappa shape index (κ2) is 6.91. The number of rotatable bonds is 5. The number of aromatic hydroxyl groups is 1. The summed E-state index contributed by atoms with van der Waals surface area (Å²) >= 11 is 0. The minimum Gasteiger partial charge on any atom is -0.493 e. The number of nitro groups is 1. The van der Waals surface area contributed by atoms with E-state index < -0.39 is 10.8 Å². The number of carbonyl (C=O) groups excluding carboxylic acids is 1. The predicted octanol–water partition coefficient (Wildman–Crippen LogP) is 4.02. The number of non-ortho nitro benzene ring substituents is 1. The van der Waals surface area contributed by atoms with Gasteiger partial charge in [-0.05, 0) is 18.1 Å². The third kappa shape index (κ3) is 3.69. The number of nitrogens with zero attached hydrogens (tertiary/aromatic N) is 3. The van der Waals surface area contributed by atoms with Crippen molar-refractivity contribution in [3.05, 3.63) is 64.2 Å². The molecule has 8 heteroatoms. The van der Waals surface area contributed by atoms with Gasteiger partial charge in [-0.25, -0.2) is 0 Å². The summed E-state index contributed by atoms with van der Waals surface area (Å²) in [4.78, 5) is 24.8. The van der Waals surface area contributed by atoms with Crippen LogP contribution in [-0.2, 0) is 11.2 Å². The van der Waals surface area contributed by atoms with Gasteiger partial charge in [-0.3, -0.25) is 14.9 Å². The molecule has 0 fully saturated rings. The SMILES string of the molecule is O=C(CCc1ccc([N+](=O)[O-])cc1)N=Nc1c(O)[nH]c2ccccc12. The first-order valence-corrected chi connectivity index (χ1v) is 7.52. The molecule has 3 aromatic rings. The fourth-order valence-corrected chi connectivity index (χ4v) is 2.41. The molecule has 0 radical (unpaired) electrons. The van der Waals surface area contributed by atoms with Crippen LogP contribution in [0.25, 0.3) is 10.9 Å². The maximum atomic E-state index is 11.9. The van der Waals surface area contributed by atoms with E-state index in [-0.39, 0.29) is 23.7 Å². The van der Waals surface area contributed by atoms with E-state index in [2.05, 4.69) is 15.2 Å². The van der Waals surface area contributed by atoms with E-state index in [1.165, 1.54) is 12.1 Å². The number of amides is 1. The van der Waals surface area contributed by atoms with Crippen LogP contribution >= 0.6 is 0 Å². The maximum absolute atomic E-state index is 11.9. The Morgan fingerprint density at radius 2 is 1.88 bits per heavy atom. The van der Waals surface area contributed by atoms with Gasteiger partial charge < -0.3 is 10.1 Å². The van der Waals surface area contributed by atoms with Gasteiger partial charge in [-0.2, -0.15) is 0 Å². The van der Waals surface area contributed by atoms with Crippen LogP contribution in [0.5, 0.6) is 5.88 Å². The van der Waals surface area contributed by atoms with Crippen molar-refractivity contribution in [3.8, 4) is 5.88 Å². The first-order valence-electron chi connectivity index (χ1n) is 7.52. The summed E-state index contributed by atoms with van der Waals surface area (Å²) in [6.07, 6.45) is 0.514. The van der Waals surface area contributed by atoms with E-state index in [0.29, 0.717) is 17.3 Å². The first-order chi connectivity index (χ1) is 12.0. The minimum atomic E-state index is -0.475. The zero-order chi connectivity index (χ0) is 17.8. The number of aromatic nitrogens is 1. The molecular weight excluding hydrogens is 324 g/mol. The third-order valence-corrected chi connectivity index (χ3v) is 3.70. The number of carbonyl (C=O) groups is 1. The molecule has 0 aliphatic carbocycles. The van der Waals surface area contributed by atoms with E-state index in [0.717, 1.165) is 5.56 Å². The number of hydrogen-bond donors (Lipinski definition) is 2. The highest BCUT2D eigenvalue weighted by Crippen LogP contribution is 2.35. The molecule has 0 spiro atoms. The van der Waals surface area contributed by atoms with E-state index in [4.69, 9.17) is 0 Å². The summed E-state index contributed by atoms with van der Waals surface area (Å²) in [6.45, 7) is 0. The Labute approximate surface area is 142 Å². The number of para-hydroxylation sites is 1. The van der Waals surface area contributed by atoms with Gasteiger partial charge in [-0.15, -0.1) is 10.2 Å². The van der Waals surface area contributed by atoms with Crippen LogP contribution in [0.2, 0.25) is 0 Å². The van der Waals surface area contributed by atoms with Gasteiger partial charge in [0.15, 0.2) is 5.69 Å². The molecule has 8 nitrogen and oxygen atoms in total. The molecule has 2 aromatic carbocycles. The highest BCUT2D eigenvalue weighted by molar-refractivity contribution is 5.94. The standard InChI is InChI=1S/C17H14N4O4/c22-15(10-7-11-5-8-12(9-6-11)21(24)25)19-20-16-13-3-1-2-4-14(13)18-17(16)23/h1-6,8-9,18,23H,7,10H2. The normalized spacial score (nSPS) is 11.2. The number of fused-ring (bicyclic) bond motifs is 1. The number of benzene rings is 2. The number of hydrogen-bond acceptors (Lipinski definition) is 5. The topological polar surface area (TPSA) is 121 Å². The molecule has 1 heterocycles. The van der Waals surface area contributed by atoms with Gasteiger partial charge >= 0.3 is 0 Å². The van der Waals surface area contributed by atoms with Crippen molar-refractivity contribution in [3.63, 3.8) is 0 Å². The molecule has 126 valence electrons. The largest absolute Gasteiger partial charge is 0.493 e. The van der Waals surface area contributed by atoms with Gasteiger partial charge in [0.25, 0.3) is 11.6 Å². The zero-order valence-corrected chi connectivity index (χ0v) is 13.0. The van der Waals surface area contributed by atoms with Crippen LogP contribution in [0.15, 0.2) is 58.8 Å². The lowest BCUT2D eigenvalue weighted by molar-refractivity contribution is -0.384. The van der Waals surface area contributed by atoms with Crippen LogP contribution in [0.4, 0.5) is 11.4 Å². The van der Waals surface area contributed by atoms with Crippen LogP contribution in [-0.4, -0.2) is 20.9 Å². The Morgan fingerprint density at radius 1 is 1.16 bits per heavy atom. The number of nitrogens with one attached hydrogen (secondary N) is 1. The van der Waals surface area contributed by atoms with E-state index >= 15 is 0 Å². The minimum absolute atomic E-state index is 0.00424. The molecule has 0 saturated carbocycles. The molecule has 1 amide bonds. The Bertz CT molecular complexity index is 960. The van der Waals surface area contributed by atoms with Crippen molar-refractivity contribution < 1.29 is 14.8 Å². The fourth-order valence-electron chi connectivity index (χ4n) is 2.41. The van der Waals surface area contributed by atoms with Crippen molar-refractivity contribution >= 4 is 28.2 Å². The number of H-pyrrole nitrogens is 1. The van der Waals surface area contributed by atoms with Gasteiger partial charge in [0, 0.05) is 23.9 Å². The quantitative estimate of drug-likeness (QED) is 0.414. The molecule has 25 heavy (non-hydrogen) atoms. The van der Waals surface area contributed by atoms with Crippen molar-refractivity contribution in [2.24, 2.45) is 10.2 Å². The van der Waals surface area contributed by atoms with Crippen molar-refractivity contribution in [1.29, 1.82) is 0 Å². The number of aryl methyl sites for hydroxylation is 1. The van der Waals surface area contributed by atoms with Gasteiger partial charge in [0.05, 0.1) is 10.4 Å². The van der Waals surface area contributed by atoms with Gasteiger partial charge in [0.1, 0.15) is 0 Å². The summed E-state index contributed by atoms with van der Waals surface area (Å²) < 4.78 is 0. The van der Waals surface area contributed by atoms with Crippen LogP contribution < -0.4 is 0 Å². The molecule has 0 unspecified atom stereocenters. The number of aromatic amines is 1. The maximum Gasteiger partial charge on any atom is 0.269 e. The smallest absolute Gasteiger partial charge is 0.269 e. The molecule has 0 aliphatic heterocycles. The molecule has 2 N–H and O–H groups in total. The molecular formula is C17H14N4O4. The molecule has 3 rings (SSSR count). The monoisotopic (exact) mass is 338 g/mol. The lowest BCUT2D eigenvalue weighted by atomic mass is 10.1. The van der Waals surface area contributed by atoms with E-state index in [1.807, 2.05) is 6.07 Å². The van der Waals surface area contributed by atoms with Crippen molar-refractivity contribution in [1.82, 2.24) is 4.98 Å². The fraction of sp³-hybridized carbons (Fsp3) is 0.118. The Kier molecular flexibility index (Phi) is 4.51. The highest BCUT2D eigenvalue weighted by atomic mass is 16.6. The van der Waals surface area contributed by atoms with Crippen molar-refractivity contribution in [2.45, 2.75) is 12.8 Å². The summed E-state index contributed by atoms with van der Waals surface area (Å²) in [5.41, 5.74) is 1.72. The third-order valence-electron chi connectivity index (χ3n) is 3.70. The van der Waals surface area contributed by atoms with Crippen LogP contribution in [0, 0.1) is 10.1 Å². The first kappa shape index (κ1) is 16.3. The lowest BCUT2D eigenvalue weighted by Gasteiger charge is -1.98. The van der Waals surface area contributed by atoms with Gasteiger partial charge in [-0.1, -0.05) is 30.3 Å². The van der Waals surface area contributed by atoms with Crippen LogP contribution in [0.3, 0.4) is 0 Å². The molecule has 0 aliphatic rings. The Morgan fingerprint density at radius 3 is 2.60 bits per heavy atom. The zero-order valence-electron chi connectivity index (χ0n) is 13.0. The van der Waals surface area contributed by atoms with E-state index in [1.54, 1.807) is 30.3 Å². The summed E-state index contributed by atoms with van der Waals surface area (Å²) in [7, 11) is 0. The van der Waals surface area contributed by atoms with E-state index in [9.17, 15) is 20.0 Å². The number of azo groups is 1. The average Bonchev–Trinajstić information content (AvgIpc) is 2.93. The lowest BCUT2D eigenvalue weighted by Crippen LogP contribution is -1.96. The van der Waals surface area contributed by atoms with Crippen molar-refractivity contribution in [2.75, 3.05) is 0 Å². The summed E-state index contributed by atoms with van der Waals surface area (Å²) in [5, 5.41) is 28.6. The molecule has 0 bridgehead atoms.